The van der Waals surface area contributed by atoms with Crippen molar-refractivity contribution in [3.05, 3.63) is 40.7 Å². The maximum absolute atomic E-state index is 12.4. The van der Waals surface area contributed by atoms with Crippen LogP contribution in [0.1, 0.15) is 11.4 Å². The van der Waals surface area contributed by atoms with Crippen molar-refractivity contribution in [2.45, 2.75) is 18.4 Å². The zero-order chi connectivity index (χ0) is 17.9. The minimum Gasteiger partial charge on any atom is -0.495 e. The van der Waals surface area contributed by atoms with Crippen LogP contribution in [0.5, 0.6) is 5.75 Å². The first kappa shape index (κ1) is 18.4. The number of halogens is 1. The van der Waals surface area contributed by atoms with Gasteiger partial charge in [0, 0.05) is 19.8 Å². The van der Waals surface area contributed by atoms with E-state index in [0.717, 1.165) is 5.69 Å². The van der Waals surface area contributed by atoms with Gasteiger partial charge in [-0.15, -0.1) is 0 Å². The SMILES string of the molecule is COc1ccc(S(=O)(=O)NCc2cc(C)nc(N(C)C)n2)cc1Cl. The quantitative estimate of drug-likeness (QED) is 0.837. The third-order valence-electron chi connectivity index (χ3n) is 3.17. The Balaban J connectivity index is 2.20. The minimum atomic E-state index is -3.72. The van der Waals surface area contributed by atoms with E-state index in [9.17, 15) is 8.42 Å². The molecule has 0 saturated heterocycles. The monoisotopic (exact) mass is 370 g/mol. The predicted molar refractivity (Wildman–Crippen MR) is 93.1 cm³/mol. The van der Waals surface area contributed by atoms with E-state index < -0.39 is 10.0 Å². The van der Waals surface area contributed by atoms with Crippen molar-refractivity contribution in [3.8, 4) is 5.75 Å². The molecule has 0 saturated carbocycles. The van der Waals surface area contributed by atoms with Gasteiger partial charge in [-0.3, -0.25) is 0 Å². The molecule has 0 radical (unpaired) electrons. The van der Waals surface area contributed by atoms with Gasteiger partial charge >= 0.3 is 0 Å². The van der Waals surface area contributed by atoms with Crippen LogP contribution in [-0.2, 0) is 16.6 Å². The highest BCUT2D eigenvalue weighted by Crippen LogP contribution is 2.26. The third kappa shape index (κ3) is 4.34. The summed E-state index contributed by atoms with van der Waals surface area (Å²) in [5.74, 6) is 0.939. The average Bonchev–Trinajstić information content (AvgIpc) is 2.52. The number of aryl methyl sites for hydroxylation is 1. The highest BCUT2D eigenvalue weighted by molar-refractivity contribution is 7.89. The van der Waals surface area contributed by atoms with Crippen molar-refractivity contribution in [1.29, 1.82) is 0 Å². The standard InChI is InChI=1S/C15H19ClN4O3S/c1-10-7-11(19-15(18-10)20(2)3)9-17-24(21,22)12-5-6-14(23-4)13(16)8-12/h5-8,17H,9H2,1-4H3. The minimum absolute atomic E-state index is 0.0518. The number of sulfonamides is 1. The Labute approximate surface area is 146 Å². The van der Waals surface area contributed by atoms with Crippen LogP contribution in [0.4, 0.5) is 5.95 Å². The number of aromatic nitrogens is 2. The first-order valence-electron chi connectivity index (χ1n) is 7.08. The Hall–Kier alpha value is -1.90. The molecule has 7 nitrogen and oxygen atoms in total. The second kappa shape index (κ2) is 7.33. The van der Waals surface area contributed by atoms with Crippen LogP contribution < -0.4 is 14.4 Å². The van der Waals surface area contributed by atoms with Crippen LogP contribution in [0.25, 0.3) is 0 Å². The lowest BCUT2D eigenvalue weighted by Gasteiger charge is -2.13. The molecule has 1 heterocycles. The van der Waals surface area contributed by atoms with Gasteiger partial charge < -0.3 is 9.64 Å². The smallest absolute Gasteiger partial charge is 0.240 e. The molecule has 0 aliphatic carbocycles. The summed E-state index contributed by atoms with van der Waals surface area (Å²) < 4.78 is 32.3. The summed E-state index contributed by atoms with van der Waals surface area (Å²) in [6, 6.07) is 6.02. The van der Waals surface area contributed by atoms with Gasteiger partial charge in [-0.25, -0.2) is 23.1 Å². The van der Waals surface area contributed by atoms with Crippen molar-refractivity contribution >= 4 is 27.6 Å². The number of benzene rings is 1. The molecule has 1 aromatic carbocycles. The zero-order valence-corrected chi connectivity index (χ0v) is 15.4. The lowest BCUT2D eigenvalue weighted by atomic mass is 10.3. The van der Waals surface area contributed by atoms with Crippen LogP contribution in [0.3, 0.4) is 0 Å². The molecule has 0 bridgehead atoms. The molecule has 0 aliphatic rings. The molecular weight excluding hydrogens is 352 g/mol. The van der Waals surface area contributed by atoms with Gasteiger partial charge in [0.2, 0.25) is 16.0 Å². The highest BCUT2D eigenvalue weighted by atomic mass is 35.5. The van der Waals surface area contributed by atoms with Crippen LogP contribution >= 0.6 is 11.6 Å². The van der Waals surface area contributed by atoms with Crippen molar-refractivity contribution < 1.29 is 13.2 Å². The first-order valence-corrected chi connectivity index (χ1v) is 8.94. The molecule has 0 amide bonds. The maximum Gasteiger partial charge on any atom is 0.240 e. The molecule has 130 valence electrons. The summed E-state index contributed by atoms with van der Waals surface area (Å²) in [4.78, 5) is 10.4. The lowest BCUT2D eigenvalue weighted by Crippen LogP contribution is -2.24. The first-order chi connectivity index (χ1) is 11.2. The number of nitrogens with zero attached hydrogens (tertiary/aromatic N) is 3. The van der Waals surface area contributed by atoms with E-state index in [-0.39, 0.29) is 16.5 Å². The molecule has 0 aliphatic heterocycles. The maximum atomic E-state index is 12.4. The van der Waals surface area contributed by atoms with E-state index in [1.54, 1.807) is 11.0 Å². The summed E-state index contributed by atoms with van der Waals surface area (Å²) >= 11 is 5.99. The van der Waals surface area contributed by atoms with E-state index in [1.165, 1.54) is 25.3 Å². The van der Waals surface area contributed by atoms with Gasteiger partial charge in [0.05, 0.1) is 29.3 Å². The number of rotatable bonds is 6. The Morgan fingerprint density at radius 3 is 2.54 bits per heavy atom. The number of methoxy groups -OCH3 is 1. The number of anilines is 1. The average molecular weight is 371 g/mol. The van der Waals surface area contributed by atoms with Crippen LogP contribution in [-0.4, -0.2) is 39.6 Å². The van der Waals surface area contributed by atoms with E-state index >= 15 is 0 Å². The number of ether oxygens (including phenoxy) is 1. The van der Waals surface area contributed by atoms with E-state index in [4.69, 9.17) is 16.3 Å². The summed E-state index contributed by atoms with van der Waals surface area (Å²) in [7, 11) is 1.39. The van der Waals surface area contributed by atoms with Gasteiger partial charge in [0.1, 0.15) is 5.75 Å². The molecule has 0 unspecified atom stereocenters. The molecule has 0 spiro atoms. The molecule has 9 heteroatoms. The summed E-state index contributed by atoms with van der Waals surface area (Å²) in [6.45, 7) is 1.88. The Morgan fingerprint density at radius 1 is 1.25 bits per heavy atom. The fraction of sp³-hybridized carbons (Fsp3) is 0.333. The normalized spacial score (nSPS) is 11.4. The molecule has 0 atom stereocenters. The van der Waals surface area contributed by atoms with Gasteiger partial charge in [-0.2, -0.15) is 0 Å². The van der Waals surface area contributed by atoms with Crippen LogP contribution in [0, 0.1) is 6.92 Å². The fourth-order valence-electron chi connectivity index (χ4n) is 1.97. The molecule has 0 fully saturated rings. The topological polar surface area (TPSA) is 84.4 Å². The summed E-state index contributed by atoms with van der Waals surface area (Å²) in [5, 5.41) is 0.230. The lowest BCUT2D eigenvalue weighted by molar-refractivity contribution is 0.414. The van der Waals surface area contributed by atoms with E-state index in [2.05, 4.69) is 14.7 Å². The van der Waals surface area contributed by atoms with Gasteiger partial charge in [-0.05, 0) is 31.2 Å². The van der Waals surface area contributed by atoms with Crippen molar-refractivity contribution in [1.82, 2.24) is 14.7 Å². The second-order valence-electron chi connectivity index (χ2n) is 5.32. The molecule has 1 aromatic heterocycles. The largest absolute Gasteiger partial charge is 0.495 e. The Morgan fingerprint density at radius 2 is 1.96 bits per heavy atom. The van der Waals surface area contributed by atoms with Crippen molar-refractivity contribution in [2.75, 3.05) is 26.1 Å². The number of hydrogen-bond donors (Lipinski definition) is 1. The van der Waals surface area contributed by atoms with E-state index in [1.807, 2.05) is 21.0 Å². The highest BCUT2D eigenvalue weighted by Gasteiger charge is 2.16. The van der Waals surface area contributed by atoms with Crippen LogP contribution in [0.2, 0.25) is 5.02 Å². The molecule has 2 rings (SSSR count). The zero-order valence-electron chi connectivity index (χ0n) is 13.9. The predicted octanol–water partition coefficient (Wildman–Crippen LogP) is 1.99. The van der Waals surface area contributed by atoms with Gasteiger partial charge in [-0.1, -0.05) is 11.6 Å². The second-order valence-corrected chi connectivity index (χ2v) is 7.49. The van der Waals surface area contributed by atoms with Gasteiger partial charge in [0.25, 0.3) is 0 Å². The van der Waals surface area contributed by atoms with E-state index in [0.29, 0.717) is 17.4 Å². The fourth-order valence-corrected chi connectivity index (χ4v) is 3.32. The summed E-state index contributed by atoms with van der Waals surface area (Å²) in [5.41, 5.74) is 1.34. The molecule has 1 N–H and O–H groups in total. The van der Waals surface area contributed by atoms with Crippen molar-refractivity contribution in [3.63, 3.8) is 0 Å². The molecule has 2 aromatic rings. The van der Waals surface area contributed by atoms with Crippen molar-refractivity contribution in [2.24, 2.45) is 0 Å². The number of hydrogen-bond acceptors (Lipinski definition) is 6. The van der Waals surface area contributed by atoms with Crippen LogP contribution in [0.15, 0.2) is 29.2 Å². The third-order valence-corrected chi connectivity index (χ3v) is 4.87. The van der Waals surface area contributed by atoms with Gasteiger partial charge in [0.15, 0.2) is 0 Å². The Bertz CT molecular complexity index is 841. The Kier molecular flexibility index (Phi) is 5.63. The molecule has 24 heavy (non-hydrogen) atoms. The molecular formula is C15H19ClN4O3S. The summed E-state index contributed by atoms with van der Waals surface area (Å²) in [6.07, 6.45) is 0. The number of nitrogens with one attached hydrogen (secondary N) is 1.